The molecule has 0 spiro atoms. The standard InChI is InChI=1S/C6H10N2/c1-4-5-6(4,2)3-7-8-5/h4-5H,3H2,1-2H3. The van der Waals surface area contributed by atoms with Crippen molar-refractivity contribution < 1.29 is 0 Å². The van der Waals surface area contributed by atoms with Gasteiger partial charge in [-0.3, -0.25) is 0 Å². The smallest absolute Gasteiger partial charge is 0.0815 e. The normalized spacial score (nSPS) is 58.8. The van der Waals surface area contributed by atoms with Gasteiger partial charge in [0.2, 0.25) is 0 Å². The van der Waals surface area contributed by atoms with E-state index in [4.69, 9.17) is 0 Å². The Morgan fingerprint density at radius 3 is 2.62 bits per heavy atom. The molecule has 0 amide bonds. The average molecular weight is 110 g/mol. The molecule has 3 unspecified atom stereocenters. The second-order valence-corrected chi connectivity index (χ2v) is 3.15. The van der Waals surface area contributed by atoms with Gasteiger partial charge in [-0.05, 0) is 5.92 Å². The predicted octanol–water partition coefficient (Wildman–Crippen LogP) is 1.48. The van der Waals surface area contributed by atoms with Gasteiger partial charge >= 0.3 is 0 Å². The van der Waals surface area contributed by atoms with E-state index < -0.39 is 0 Å². The molecule has 2 rings (SSSR count). The van der Waals surface area contributed by atoms with Crippen molar-refractivity contribution in [1.82, 2.24) is 0 Å². The molecule has 2 heteroatoms. The molecule has 3 atom stereocenters. The summed E-state index contributed by atoms with van der Waals surface area (Å²) >= 11 is 0. The molecule has 0 saturated heterocycles. The fourth-order valence-electron chi connectivity index (χ4n) is 1.52. The number of rotatable bonds is 0. The highest BCUT2D eigenvalue weighted by Gasteiger charge is 2.61. The molecule has 1 fully saturated rings. The number of fused-ring (bicyclic) bond motifs is 1. The van der Waals surface area contributed by atoms with Gasteiger partial charge in [0, 0.05) is 5.41 Å². The third kappa shape index (κ3) is 0.279. The van der Waals surface area contributed by atoms with Crippen molar-refractivity contribution in [3.63, 3.8) is 0 Å². The summed E-state index contributed by atoms with van der Waals surface area (Å²) in [5.41, 5.74) is 0.486. The first-order valence-corrected chi connectivity index (χ1v) is 3.12. The van der Waals surface area contributed by atoms with E-state index in [1.165, 1.54) is 0 Å². The second-order valence-electron chi connectivity index (χ2n) is 3.15. The lowest BCUT2D eigenvalue weighted by atomic mass is 10.1. The first-order chi connectivity index (χ1) is 3.75. The molecular formula is C6H10N2. The average Bonchev–Trinajstić information content (AvgIpc) is 2.23. The molecular weight excluding hydrogens is 100 g/mol. The monoisotopic (exact) mass is 110 g/mol. The third-order valence-corrected chi connectivity index (χ3v) is 2.70. The van der Waals surface area contributed by atoms with Crippen molar-refractivity contribution in [3.8, 4) is 0 Å². The first-order valence-electron chi connectivity index (χ1n) is 3.12. The Hall–Kier alpha value is -0.400. The van der Waals surface area contributed by atoms with E-state index >= 15 is 0 Å². The van der Waals surface area contributed by atoms with Gasteiger partial charge in [0.25, 0.3) is 0 Å². The molecule has 8 heavy (non-hydrogen) atoms. The van der Waals surface area contributed by atoms with Crippen LogP contribution >= 0.6 is 0 Å². The summed E-state index contributed by atoms with van der Waals surface area (Å²) in [5, 5.41) is 8.05. The Kier molecular flexibility index (Phi) is 0.543. The van der Waals surface area contributed by atoms with Crippen molar-refractivity contribution in [1.29, 1.82) is 0 Å². The summed E-state index contributed by atoms with van der Waals surface area (Å²) in [6.07, 6.45) is 0. The Bertz CT molecular complexity index is 153. The van der Waals surface area contributed by atoms with Crippen LogP contribution in [-0.2, 0) is 0 Å². The lowest BCUT2D eigenvalue weighted by molar-refractivity contribution is 0.547. The maximum absolute atomic E-state index is 4.09. The topological polar surface area (TPSA) is 24.7 Å². The van der Waals surface area contributed by atoms with Crippen LogP contribution < -0.4 is 0 Å². The van der Waals surface area contributed by atoms with Gasteiger partial charge in [-0.15, -0.1) is 0 Å². The molecule has 0 bridgehead atoms. The van der Waals surface area contributed by atoms with Crippen molar-refractivity contribution in [2.45, 2.75) is 19.9 Å². The quantitative estimate of drug-likeness (QED) is 0.451. The van der Waals surface area contributed by atoms with Crippen molar-refractivity contribution in [2.24, 2.45) is 21.6 Å². The minimum atomic E-state index is 0.486. The van der Waals surface area contributed by atoms with Gasteiger partial charge in [0.1, 0.15) is 0 Å². The van der Waals surface area contributed by atoms with Crippen molar-refractivity contribution in [3.05, 3.63) is 0 Å². The highest BCUT2D eigenvalue weighted by atomic mass is 15.2. The molecule has 0 aromatic rings. The van der Waals surface area contributed by atoms with Crippen molar-refractivity contribution in [2.75, 3.05) is 6.54 Å². The van der Waals surface area contributed by atoms with E-state index in [2.05, 4.69) is 24.1 Å². The van der Waals surface area contributed by atoms with Gasteiger partial charge in [0.05, 0.1) is 12.6 Å². The van der Waals surface area contributed by atoms with Gasteiger partial charge in [-0.25, -0.2) is 0 Å². The molecule has 0 radical (unpaired) electrons. The largest absolute Gasteiger partial charge is 0.193 e. The Balaban J connectivity index is 2.27. The molecule has 2 aliphatic rings. The summed E-state index contributed by atoms with van der Waals surface area (Å²) in [4.78, 5) is 0. The van der Waals surface area contributed by atoms with Crippen LogP contribution in [0.1, 0.15) is 13.8 Å². The molecule has 1 saturated carbocycles. The number of hydrogen-bond acceptors (Lipinski definition) is 2. The van der Waals surface area contributed by atoms with Gasteiger partial charge in [-0.1, -0.05) is 13.8 Å². The van der Waals surface area contributed by atoms with E-state index in [9.17, 15) is 0 Å². The fourth-order valence-corrected chi connectivity index (χ4v) is 1.52. The van der Waals surface area contributed by atoms with Crippen LogP contribution in [0.2, 0.25) is 0 Å². The zero-order chi connectivity index (χ0) is 5.78. The predicted molar refractivity (Wildman–Crippen MR) is 30.8 cm³/mol. The maximum atomic E-state index is 4.09. The van der Waals surface area contributed by atoms with Crippen LogP contribution in [0.5, 0.6) is 0 Å². The Morgan fingerprint density at radius 2 is 2.38 bits per heavy atom. The fraction of sp³-hybridized carbons (Fsp3) is 1.00. The summed E-state index contributed by atoms with van der Waals surface area (Å²) in [7, 11) is 0. The van der Waals surface area contributed by atoms with Crippen LogP contribution in [0.15, 0.2) is 10.2 Å². The molecule has 1 aliphatic heterocycles. The van der Waals surface area contributed by atoms with E-state index in [0.29, 0.717) is 11.5 Å². The van der Waals surface area contributed by atoms with E-state index in [0.717, 1.165) is 12.5 Å². The number of nitrogens with zero attached hydrogens (tertiary/aromatic N) is 2. The van der Waals surface area contributed by atoms with Gasteiger partial charge < -0.3 is 0 Å². The summed E-state index contributed by atoms with van der Waals surface area (Å²) in [6.45, 7) is 5.49. The van der Waals surface area contributed by atoms with Gasteiger partial charge in [-0.2, -0.15) is 10.2 Å². The van der Waals surface area contributed by atoms with E-state index in [1.807, 2.05) is 0 Å². The zero-order valence-corrected chi connectivity index (χ0v) is 5.26. The van der Waals surface area contributed by atoms with E-state index in [1.54, 1.807) is 0 Å². The Morgan fingerprint density at radius 1 is 1.62 bits per heavy atom. The molecule has 0 aromatic carbocycles. The van der Waals surface area contributed by atoms with Crippen LogP contribution in [0, 0.1) is 11.3 Å². The minimum absolute atomic E-state index is 0.486. The zero-order valence-electron chi connectivity index (χ0n) is 5.26. The van der Waals surface area contributed by atoms with Gasteiger partial charge in [0.15, 0.2) is 0 Å². The molecule has 0 aromatic heterocycles. The summed E-state index contributed by atoms with van der Waals surface area (Å²) < 4.78 is 0. The number of azo groups is 1. The van der Waals surface area contributed by atoms with Crippen LogP contribution in [-0.4, -0.2) is 12.6 Å². The summed E-state index contributed by atoms with van der Waals surface area (Å²) in [6, 6.07) is 0.586. The second kappa shape index (κ2) is 0.971. The Labute approximate surface area is 49.0 Å². The van der Waals surface area contributed by atoms with Crippen LogP contribution in [0.25, 0.3) is 0 Å². The summed E-state index contributed by atoms with van der Waals surface area (Å²) in [5.74, 6) is 0.806. The number of hydrogen-bond donors (Lipinski definition) is 0. The highest BCUT2D eigenvalue weighted by Crippen LogP contribution is 2.57. The molecule has 1 aliphatic carbocycles. The first kappa shape index (κ1) is 4.48. The minimum Gasteiger partial charge on any atom is -0.193 e. The third-order valence-electron chi connectivity index (χ3n) is 2.70. The molecule has 2 nitrogen and oxygen atoms in total. The lowest BCUT2D eigenvalue weighted by Gasteiger charge is -1.96. The maximum Gasteiger partial charge on any atom is 0.0815 e. The SMILES string of the molecule is CC1C2N=NCC12C. The van der Waals surface area contributed by atoms with Crippen LogP contribution in [0.4, 0.5) is 0 Å². The van der Waals surface area contributed by atoms with Crippen molar-refractivity contribution >= 4 is 0 Å². The molecule has 0 N–H and O–H groups in total. The highest BCUT2D eigenvalue weighted by molar-refractivity contribution is 5.14. The van der Waals surface area contributed by atoms with E-state index in [-0.39, 0.29) is 0 Å². The van der Waals surface area contributed by atoms with Crippen LogP contribution in [0.3, 0.4) is 0 Å². The lowest BCUT2D eigenvalue weighted by Crippen LogP contribution is -1.99. The molecule has 1 heterocycles. The molecule has 44 valence electrons.